The number of aromatic nitrogens is 1. The lowest BCUT2D eigenvalue weighted by Crippen LogP contribution is -2.40. The van der Waals surface area contributed by atoms with Crippen molar-refractivity contribution in [2.45, 2.75) is 38.8 Å². The lowest BCUT2D eigenvalue weighted by Gasteiger charge is -2.35. The molecule has 0 radical (unpaired) electrons. The zero-order chi connectivity index (χ0) is 20.8. The Morgan fingerprint density at radius 1 is 1.34 bits per heavy atom. The van der Waals surface area contributed by atoms with Gasteiger partial charge in [-0.15, -0.1) is 0 Å². The second kappa shape index (κ2) is 9.48. The Morgan fingerprint density at radius 3 is 2.72 bits per heavy atom. The van der Waals surface area contributed by atoms with Crippen molar-refractivity contribution in [1.82, 2.24) is 10.3 Å². The Hall–Kier alpha value is -2.98. The minimum Gasteiger partial charge on any atom is -0.476 e. The van der Waals surface area contributed by atoms with Gasteiger partial charge < -0.3 is 14.8 Å². The Morgan fingerprint density at radius 2 is 2.07 bits per heavy atom. The van der Waals surface area contributed by atoms with Crippen molar-refractivity contribution in [1.29, 1.82) is 5.26 Å². The lowest BCUT2D eigenvalue weighted by molar-refractivity contribution is -0.120. The van der Waals surface area contributed by atoms with Crippen molar-refractivity contribution in [2.24, 2.45) is 5.92 Å². The molecule has 0 aliphatic heterocycles. The first-order chi connectivity index (χ1) is 14.0. The minimum atomic E-state index is -0.328. The van der Waals surface area contributed by atoms with Crippen molar-refractivity contribution in [3.8, 4) is 23.1 Å². The van der Waals surface area contributed by atoms with E-state index in [1.54, 1.807) is 24.4 Å². The predicted octanol–water partition coefficient (Wildman–Crippen LogP) is 3.46. The van der Waals surface area contributed by atoms with E-state index in [9.17, 15) is 14.4 Å². The zero-order valence-corrected chi connectivity index (χ0v) is 16.5. The van der Waals surface area contributed by atoms with Gasteiger partial charge in [-0.3, -0.25) is 4.79 Å². The van der Waals surface area contributed by atoms with Crippen LogP contribution in [0.15, 0.2) is 36.5 Å². The summed E-state index contributed by atoms with van der Waals surface area (Å²) in [6, 6.07) is 9.84. The summed E-state index contributed by atoms with van der Waals surface area (Å²) in [4.78, 5) is 15.2. The van der Waals surface area contributed by atoms with Crippen LogP contribution in [0.5, 0.6) is 5.88 Å². The maximum atomic E-state index is 13.2. The van der Waals surface area contributed by atoms with Crippen molar-refractivity contribution in [3.63, 3.8) is 0 Å². The number of carbonyl (C=O) groups is 1. The third-order valence-corrected chi connectivity index (χ3v) is 4.86. The average molecular weight is 397 g/mol. The van der Waals surface area contributed by atoms with Gasteiger partial charge in [0.2, 0.25) is 11.8 Å². The van der Waals surface area contributed by atoms with Crippen LogP contribution in [0, 0.1) is 23.1 Å². The lowest BCUT2D eigenvalue weighted by atomic mass is 9.83. The van der Waals surface area contributed by atoms with Gasteiger partial charge >= 0.3 is 0 Å². The number of nitrogens with one attached hydrogen (secondary N) is 1. The van der Waals surface area contributed by atoms with E-state index >= 15 is 0 Å². The molecule has 1 aromatic carbocycles. The average Bonchev–Trinajstić information content (AvgIpc) is 2.66. The van der Waals surface area contributed by atoms with Crippen molar-refractivity contribution >= 4 is 5.91 Å². The molecule has 3 rings (SSSR count). The van der Waals surface area contributed by atoms with Crippen LogP contribution < -0.4 is 10.1 Å². The van der Waals surface area contributed by atoms with Gasteiger partial charge in [0.25, 0.3) is 0 Å². The number of carbonyl (C=O) groups excluding carboxylic acids is 1. The summed E-state index contributed by atoms with van der Waals surface area (Å²) < 4.78 is 24.8. The Bertz CT molecular complexity index is 889. The minimum absolute atomic E-state index is 0.0145. The third-order valence-electron chi connectivity index (χ3n) is 4.86. The van der Waals surface area contributed by atoms with Crippen molar-refractivity contribution in [2.75, 3.05) is 13.2 Å². The fraction of sp³-hybridized carbons (Fsp3) is 0.409. The number of hydrogen-bond acceptors (Lipinski definition) is 5. The number of hydrogen-bond donors (Lipinski definition) is 1. The molecule has 0 saturated heterocycles. The molecule has 1 saturated carbocycles. The fourth-order valence-corrected chi connectivity index (χ4v) is 3.34. The second-order valence-electron chi connectivity index (χ2n) is 7.36. The molecule has 152 valence electrons. The SMILES string of the molecule is CC(=O)N[C@@H](C)COC1CC(COc2nccc(-c3ccc(F)cc3)c2C#N)C1. The summed E-state index contributed by atoms with van der Waals surface area (Å²) in [5.74, 6) is 0.229. The first kappa shape index (κ1) is 20.7. The normalized spacial score (nSPS) is 19.0. The van der Waals surface area contributed by atoms with E-state index in [0.717, 1.165) is 18.4 Å². The third kappa shape index (κ3) is 5.52. The fourth-order valence-electron chi connectivity index (χ4n) is 3.34. The van der Waals surface area contributed by atoms with Crippen LogP contribution in [0.25, 0.3) is 11.1 Å². The molecule has 1 aliphatic carbocycles. The van der Waals surface area contributed by atoms with Gasteiger partial charge in [-0.05, 0) is 49.4 Å². The van der Waals surface area contributed by atoms with Crippen LogP contribution >= 0.6 is 0 Å². The molecule has 1 amide bonds. The highest BCUT2D eigenvalue weighted by atomic mass is 19.1. The number of nitrogens with zero attached hydrogens (tertiary/aromatic N) is 2. The maximum Gasteiger partial charge on any atom is 0.232 e. The molecule has 0 unspecified atom stereocenters. The Balaban J connectivity index is 1.52. The Labute approximate surface area is 169 Å². The molecule has 1 heterocycles. The molecular formula is C22H24FN3O3. The maximum absolute atomic E-state index is 13.2. The number of pyridine rings is 1. The molecule has 6 nitrogen and oxygen atoms in total. The van der Waals surface area contributed by atoms with Crippen LogP contribution in [-0.2, 0) is 9.53 Å². The molecule has 1 atom stereocenters. The van der Waals surface area contributed by atoms with Gasteiger partial charge in [0, 0.05) is 24.7 Å². The molecule has 7 heteroatoms. The number of halogens is 1. The van der Waals surface area contributed by atoms with Gasteiger partial charge in [0.15, 0.2) is 0 Å². The van der Waals surface area contributed by atoms with Gasteiger partial charge in [0.05, 0.1) is 19.3 Å². The molecule has 1 N–H and O–H groups in total. The van der Waals surface area contributed by atoms with E-state index in [1.807, 2.05) is 6.92 Å². The van der Waals surface area contributed by atoms with E-state index in [-0.39, 0.29) is 29.8 Å². The van der Waals surface area contributed by atoms with Gasteiger partial charge in [-0.25, -0.2) is 9.37 Å². The number of amides is 1. The Kier molecular flexibility index (Phi) is 6.78. The summed E-state index contributed by atoms with van der Waals surface area (Å²) >= 11 is 0. The number of benzene rings is 1. The predicted molar refractivity (Wildman–Crippen MR) is 106 cm³/mol. The van der Waals surface area contributed by atoms with Crippen LogP contribution in [0.1, 0.15) is 32.3 Å². The van der Waals surface area contributed by atoms with E-state index in [1.165, 1.54) is 19.1 Å². The summed E-state index contributed by atoms with van der Waals surface area (Å²) in [6.45, 7) is 4.33. The van der Waals surface area contributed by atoms with Crippen LogP contribution in [0.4, 0.5) is 4.39 Å². The summed E-state index contributed by atoms with van der Waals surface area (Å²) in [6.07, 6.45) is 3.48. The molecule has 0 bridgehead atoms. The largest absolute Gasteiger partial charge is 0.476 e. The smallest absolute Gasteiger partial charge is 0.232 e. The molecule has 1 aliphatic rings. The van der Waals surface area contributed by atoms with Crippen LogP contribution in [0.2, 0.25) is 0 Å². The van der Waals surface area contributed by atoms with Gasteiger partial charge in [-0.2, -0.15) is 5.26 Å². The van der Waals surface area contributed by atoms with Crippen molar-refractivity contribution < 1.29 is 18.7 Å². The highest BCUT2D eigenvalue weighted by molar-refractivity contribution is 5.73. The molecule has 1 aromatic heterocycles. The van der Waals surface area contributed by atoms with Gasteiger partial charge in [-0.1, -0.05) is 12.1 Å². The van der Waals surface area contributed by atoms with Crippen LogP contribution in [-0.4, -0.2) is 36.3 Å². The number of ether oxygens (including phenoxy) is 2. The standard InChI is InChI=1S/C22H24FN3O3/c1-14(26-15(2)27)12-28-19-9-16(10-19)13-29-22-21(11-24)20(7-8-25-22)17-3-5-18(23)6-4-17/h3-8,14,16,19H,9-10,12-13H2,1-2H3,(H,26,27)/t14-,16?,19?/m0/s1. The molecule has 29 heavy (non-hydrogen) atoms. The van der Waals surface area contributed by atoms with Crippen molar-refractivity contribution in [3.05, 3.63) is 47.9 Å². The second-order valence-corrected chi connectivity index (χ2v) is 7.36. The van der Waals surface area contributed by atoms with E-state index in [0.29, 0.717) is 30.3 Å². The monoisotopic (exact) mass is 397 g/mol. The van der Waals surface area contributed by atoms with E-state index in [2.05, 4.69) is 16.4 Å². The molecule has 1 fully saturated rings. The first-order valence-corrected chi connectivity index (χ1v) is 9.62. The molecule has 0 spiro atoms. The quantitative estimate of drug-likeness (QED) is 0.737. The van der Waals surface area contributed by atoms with Crippen LogP contribution in [0.3, 0.4) is 0 Å². The van der Waals surface area contributed by atoms with E-state index in [4.69, 9.17) is 9.47 Å². The number of nitriles is 1. The molecular weight excluding hydrogens is 373 g/mol. The highest BCUT2D eigenvalue weighted by Crippen LogP contribution is 2.33. The summed E-state index contributed by atoms with van der Waals surface area (Å²) in [5.41, 5.74) is 1.75. The topological polar surface area (TPSA) is 84.2 Å². The van der Waals surface area contributed by atoms with E-state index < -0.39 is 0 Å². The zero-order valence-electron chi connectivity index (χ0n) is 16.5. The summed E-state index contributed by atoms with van der Waals surface area (Å²) in [5, 5.41) is 12.4. The molecule has 2 aromatic rings. The highest BCUT2D eigenvalue weighted by Gasteiger charge is 2.31. The first-order valence-electron chi connectivity index (χ1n) is 9.62. The van der Waals surface area contributed by atoms with Gasteiger partial charge in [0.1, 0.15) is 17.4 Å². The number of rotatable bonds is 8. The summed E-state index contributed by atoms with van der Waals surface area (Å²) in [7, 11) is 0.